The van der Waals surface area contributed by atoms with Crippen LogP contribution in [-0.4, -0.2) is 45.9 Å². The quantitative estimate of drug-likeness (QED) is 0.296. The Morgan fingerprint density at radius 2 is 1.62 bits per heavy atom. The van der Waals surface area contributed by atoms with Crippen LogP contribution in [0.4, 0.5) is 5.69 Å². The maximum Gasteiger partial charge on any atom is 0.260 e. The van der Waals surface area contributed by atoms with Crippen molar-refractivity contribution in [2.24, 2.45) is 5.10 Å². The molecule has 0 aliphatic carbocycles. The summed E-state index contributed by atoms with van der Waals surface area (Å²) in [6, 6.07) is 23.1. The predicted molar refractivity (Wildman–Crippen MR) is 144 cm³/mol. The first kappa shape index (κ1) is 27.4. The number of sulfonamides is 1. The fourth-order valence-corrected chi connectivity index (χ4v) is 4.22. The van der Waals surface area contributed by atoms with Crippen LogP contribution in [0.5, 0.6) is 5.75 Å². The normalized spacial score (nSPS) is 12.1. The van der Waals surface area contributed by atoms with Crippen molar-refractivity contribution in [2.45, 2.75) is 19.9 Å². The Labute approximate surface area is 217 Å². The third-order valence-corrected chi connectivity index (χ3v) is 6.48. The van der Waals surface area contributed by atoms with Crippen LogP contribution in [0.1, 0.15) is 29.7 Å². The first-order chi connectivity index (χ1) is 17.6. The summed E-state index contributed by atoms with van der Waals surface area (Å²) in [4.78, 5) is 24.5. The summed E-state index contributed by atoms with van der Waals surface area (Å²) < 4.78 is 30.9. The molecule has 3 aromatic rings. The molecule has 3 rings (SSSR count). The number of carbonyl (C=O) groups is 2. The molecule has 0 fully saturated rings. The third-order valence-electron chi connectivity index (χ3n) is 5.34. The zero-order chi connectivity index (χ0) is 26.8. The lowest BCUT2D eigenvalue weighted by molar-refractivity contribution is -0.123. The molecule has 3 aromatic carbocycles. The van der Waals surface area contributed by atoms with Gasteiger partial charge in [0.1, 0.15) is 12.3 Å². The minimum atomic E-state index is -3.66. The van der Waals surface area contributed by atoms with Crippen molar-refractivity contribution in [2.75, 3.05) is 23.7 Å². The van der Waals surface area contributed by atoms with E-state index in [1.54, 1.807) is 48.5 Å². The Morgan fingerprint density at radius 3 is 2.24 bits per heavy atom. The number of nitrogens with one attached hydrogen (secondary N) is 2. The van der Waals surface area contributed by atoms with Gasteiger partial charge in [-0.05, 0) is 61.4 Å². The number of hydrogen-bond donors (Lipinski definition) is 2. The van der Waals surface area contributed by atoms with Crippen molar-refractivity contribution in [1.29, 1.82) is 0 Å². The summed E-state index contributed by atoms with van der Waals surface area (Å²) in [5.74, 6) is -0.318. The number of ether oxygens (including phenoxy) is 1. The molecule has 0 aromatic heterocycles. The number of amides is 2. The minimum absolute atomic E-state index is 0.127. The minimum Gasteiger partial charge on any atom is -0.484 e. The fraction of sp³-hybridized carbons (Fsp3) is 0.222. The number of carbonyl (C=O) groups excluding carboxylic acids is 2. The van der Waals surface area contributed by atoms with E-state index in [0.29, 0.717) is 17.0 Å². The molecule has 9 nitrogen and oxygen atoms in total. The Balaban J connectivity index is 1.47. The van der Waals surface area contributed by atoms with E-state index in [1.807, 2.05) is 44.2 Å². The average molecular weight is 523 g/mol. The molecule has 0 bridgehead atoms. The van der Waals surface area contributed by atoms with Gasteiger partial charge in [0.2, 0.25) is 10.0 Å². The second-order valence-electron chi connectivity index (χ2n) is 8.46. The molecule has 37 heavy (non-hydrogen) atoms. The van der Waals surface area contributed by atoms with Crippen molar-refractivity contribution >= 4 is 33.7 Å². The largest absolute Gasteiger partial charge is 0.484 e. The lowest BCUT2D eigenvalue weighted by Crippen LogP contribution is -2.39. The molecule has 2 N–H and O–H groups in total. The van der Waals surface area contributed by atoms with E-state index in [9.17, 15) is 18.0 Å². The molecule has 0 radical (unpaired) electrons. The maximum absolute atomic E-state index is 12.3. The Hall–Kier alpha value is -4.18. The highest BCUT2D eigenvalue weighted by molar-refractivity contribution is 7.92. The van der Waals surface area contributed by atoms with Crippen molar-refractivity contribution in [1.82, 2.24) is 10.7 Å². The van der Waals surface area contributed by atoms with Gasteiger partial charge in [0.15, 0.2) is 6.61 Å². The van der Waals surface area contributed by atoms with Gasteiger partial charge in [0.25, 0.3) is 11.8 Å². The average Bonchev–Trinajstić information content (AvgIpc) is 2.87. The van der Waals surface area contributed by atoms with Gasteiger partial charge in [0.05, 0.1) is 24.2 Å². The maximum atomic E-state index is 12.3. The number of hydrazone groups is 1. The van der Waals surface area contributed by atoms with Gasteiger partial charge in [-0.3, -0.25) is 13.9 Å². The van der Waals surface area contributed by atoms with Gasteiger partial charge in [-0.1, -0.05) is 48.0 Å². The smallest absolute Gasteiger partial charge is 0.260 e. The summed E-state index contributed by atoms with van der Waals surface area (Å²) in [6.45, 7) is 3.26. The number of benzene rings is 3. The standard InChI is InChI=1S/C27H30N4O5S/c1-20-9-13-24(14-10-20)31(37(3,34)35)18-26(32)30-28-17-22-11-15-25(16-12-22)36-19-27(33)29-21(2)23-7-5-4-6-8-23/h4-17,21H,18-19H2,1-3H3,(H,29,33)(H,30,32)/b28-17-/t21-/m1/s1. The summed E-state index contributed by atoms with van der Waals surface area (Å²) in [5.41, 5.74) is 5.39. The summed E-state index contributed by atoms with van der Waals surface area (Å²) in [6.07, 6.45) is 2.47. The number of anilines is 1. The van der Waals surface area contributed by atoms with Gasteiger partial charge in [0, 0.05) is 0 Å². The van der Waals surface area contributed by atoms with Crippen LogP contribution in [0, 0.1) is 6.92 Å². The molecule has 1 atom stereocenters. The van der Waals surface area contributed by atoms with Crippen molar-refractivity contribution in [3.8, 4) is 5.75 Å². The molecule has 0 saturated heterocycles. The number of aryl methyl sites for hydroxylation is 1. The third kappa shape index (κ3) is 8.76. The summed E-state index contributed by atoms with van der Waals surface area (Å²) in [5, 5.41) is 6.78. The van der Waals surface area contributed by atoms with Gasteiger partial charge in [-0.25, -0.2) is 13.8 Å². The van der Waals surface area contributed by atoms with E-state index in [2.05, 4.69) is 15.8 Å². The zero-order valence-corrected chi connectivity index (χ0v) is 21.7. The van der Waals surface area contributed by atoms with E-state index in [1.165, 1.54) is 6.21 Å². The predicted octanol–water partition coefficient (Wildman–Crippen LogP) is 3.17. The second kappa shape index (κ2) is 12.7. The molecule has 0 spiro atoms. The van der Waals surface area contributed by atoms with E-state index in [-0.39, 0.29) is 18.6 Å². The van der Waals surface area contributed by atoms with Crippen molar-refractivity contribution in [3.63, 3.8) is 0 Å². The lowest BCUT2D eigenvalue weighted by atomic mass is 10.1. The summed E-state index contributed by atoms with van der Waals surface area (Å²) in [7, 11) is -3.66. The number of nitrogens with zero attached hydrogens (tertiary/aromatic N) is 2. The van der Waals surface area contributed by atoms with E-state index >= 15 is 0 Å². The van der Waals surface area contributed by atoms with Crippen LogP contribution in [0.25, 0.3) is 0 Å². The Kier molecular flexibility index (Phi) is 9.39. The van der Waals surface area contributed by atoms with Crippen LogP contribution < -0.4 is 19.8 Å². The number of hydrogen-bond acceptors (Lipinski definition) is 6. The molecular formula is C27H30N4O5S. The number of rotatable bonds is 11. The Bertz CT molecular complexity index is 1330. The molecule has 0 aliphatic heterocycles. The first-order valence-electron chi connectivity index (χ1n) is 11.6. The van der Waals surface area contributed by atoms with Crippen molar-refractivity contribution < 1.29 is 22.7 Å². The summed E-state index contributed by atoms with van der Waals surface area (Å²) >= 11 is 0. The molecule has 0 unspecified atom stereocenters. The lowest BCUT2D eigenvalue weighted by Gasteiger charge is -2.21. The highest BCUT2D eigenvalue weighted by atomic mass is 32.2. The van der Waals surface area contributed by atoms with Crippen LogP contribution in [0.2, 0.25) is 0 Å². The zero-order valence-electron chi connectivity index (χ0n) is 20.9. The van der Waals surface area contributed by atoms with Gasteiger partial charge in [-0.15, -0.1) is 0 Å². The molecule has 10 heteroatoms. The van der Waals surface area contributed by atoms with Crippen LogP contribution in [0.15, 0.2) is 84.0 Å². The van der Waals surface area contributed by atoms with Crippen LogP contribution in [0.3, 0.4) is 0 Å². The molecule has 0 aliphatic rings. The van der Waals surface area contributed by atoms with E-state index in [4.69, 9.17) is 4.74 Å². The monoisotopic (exact) mass is 522 g/mol. The van der Waals surface area contributed by atoms with Gasteiger partial charge < -0.3 is 10.1 Å². The highest BCUT2D eigenvalue weighted by Crippen LogP contribution is 2.18. The van der Waals surface area contributed by atoms with Gasteiger partial charge in [-0.2, -0.15) is 5.10 Å². The SMILES string of the molecule is Cc1ccc(N(CC(=O)N/N=C\c2ccc(OCC(=O)N[C@H](C)c3ccccc3)cc2)S(C)(=O)=O)cc1. The van der Waals surface area contributed by atoms with Crippen LogP contribution >= 0.6 is 0 Å². The topological polar surface area (TPSA) is 117 Å². The highest BCUT2D eigenvalue weighted by Gasteiger charge is 2.20. The Morgan fingerprint density at radius 1 is 0.973 bits per heavy atom. The fourth-order valence-electron chi connectivity index (χ4n) is 3.36. The molecule has 2 amide bonds. The van der Waals surface area contributed by atoms with Gasteiger partial charge >= 0.3 is 0 Å². The van der Waals surface area contributed by atoms with E-state index in [0.717, 1.165) is 21.7 Å². The molecular weight excluding hydrogens is 492 g/mol. The molecule has 194 valence electrons. The first-order valence-corrected chi connectivity index (χ1v) is 13.4. The van der Waals surface area contributed by atoms with Crippen molar-refractivity contribution in [3.05, 3.63) is 95.6 Å². The van der Waals surface area contributed by atoms with Crippen LogP contribution in [-0.2, 0) is 19.6 Å². The molecule has 0 heterocycles. The molecule has 0 saturated carbocycles. The second-order valence-corrected chi connectivity index (χ2v) is 10.4. The van der Waals surface area contributed by atoms with E-state index < -0.39 is 22.5 Å².